The minimum atomic E-state index is -0.231. The van der Waals surface area contributed by atoms with E-state index in [1.165, 1.54) is 23.0 Å². The van der Waals surface area contributed by atoms with Gasteiger partial charge in [-0.15, -0.1) is 0 Å². The molecule has 0 radical (unpaired) electrons. The summed E-state index contributed by atoms with van der Waals surface area (Å²) < 4.78 is 11.2. The van der Waals surface area contributed by atoms with E-state index >= 15 is 0 Å². The minimum Gasteiger partial charge on any atom is -0.447 e. The quantitative estimate of drug-likeness (QED) is 0.455. The number of aromatic nitrogens is 2. The molecular weight excluding hydrogens is 442 g/mol. The van der Waals surface area contributed by atoms with Crippen LogP contribution in [0, 0.1) is 13.8 Å². The van der Waals surface area contributed by atoms with Gasteiger partial charge in [0.2, 0.25) is 5.89 Å². The molecule has 1 N–H and O–H groups in total. The number of nitrogens with one attached hydrogen (secondary N) is 1. The van der Waals surface area contributed by atoms with Gasteiger partial charge in [0.05, 0.1) is 19.8 Å². The molecule has 1 aromatic carbocycles. The zero-order valence-corrected chi connectivity index (χ0v) is 20.7. The molecule has 1 fully saturated rings. The summed E-state index contributed by atoms with van der Waals surface area (Å²) in [5.41, 5.74) is 5.06. The van der Waals surface area contributed by atoms with Crippen LogP contribution in [-0.2, 0) is 24.2 Å². The highest BCUT2D eigenvalue weighted by molar-refractivity contribution is 5.91. The van der Waals surface area contributed by atoms with Crippen LogP contribution in [0.5, 0.6) is 0 Å². The van der Waals surface area contributed by atoms with Crippen LogP contribution in [-0.4, -0.2) is 71.6 Å². The number of carbonyl (C=O) groups excluding carboxylic acids is 1. The van der Waals surface area contributed by atoms with Crippen molar-refractivity contribution >= 4 is 5.91 Å². The van der Waals surface area contributed by atoms with E-state index in [2.05, 4.69) is 57.1 Å². The first-order valence-electron chi connectivity index (χ1n) is 12.3. The molecule has 0 spiro atoms. The second-order valence-electron chi connectivity index (χ2n) is 9.05. The van der Waals surface area contributed by atoms with Gasteiger partial charge < -0.3 is 14.5 Å². The van der Waals surface area contributed by atoms with Crippen molar-refractivity contribution in [2.45, 2.75) is 33.4 Å². The molecular formula is C27H35N5O3. The number of hydrogen-bond donors (Lipinski definition) is 1. The first-order valence-corrected chi connectivity index (χ1v) is 12.3. The second-order valence-corrected chi connectivity index (χ2v) is 9.05. The van der Waals surface area contributed by atoms with Gasteiger partial charge in [-0.2, -0.15) is 0 Å². The summed E-state index contributed by atoms with van der Waals surface area (Å²) >= 11 is 0. The van der Waals surface area contributed by atoms with Crippen molar-refractivity contribution in [3.05, 3.63) is 82.8 Å². The van der Waals surface area contributed by atoms with E-state index in [1.54, 1.807) is 6.20 Å². The summed E-state index contributed by atoms with van der Waals surface area (Å²) in [6.07, 6.45) is 3.87. The van der Waals surface area contributed by atoms with Crippen molar-refractivity contribution in [3.63, 3.8) is 0 Å². The Kier molecular flexibility index (Phi) is 9.00. The van der Waals surface area contributed by atoms with E-state index in [4.69, 9.17) is 9.15 Å². The number of aryl methyl sites for hydroxylation is 2. The zero-order valence-electron chi connectivity index (χ0n) is 20.7. The van der Waals surface area contributed by atoms with E-state index in [-0.39, 0.29) is 5.91 Å². The fraction of sp³-hybridized carbons (Fsp3) is 0.444. The first kappa shape index (κ1) is 25.0. The van der Waals surface area contributed by atoms with Gasteiger partial charge in [0.25, 0.3) is 5.91 Å². The maximum atomic E-state index is 12.6. The van der Waals surface area contributed by atoms with Crippen LogP contribution in [0.25, 0.3) is 0 Å². The number of hydrogen-bond acceptors (Lipinski definition) is 7. The summed E-state index contributed by atoms with van der Waals surface area (Å²) in [5, 5.41) is 2.90. The van der Waals surface area contributed by atoms with E-state index in [9.17, 15) is 4.79 Å². The number of ether oxygens (including phenoxy) is 1. The van der Waals surface area contributed by atoms with Gasteiger partial charge in [0.1, 0.15) is 6.26 Å². The number of morpholine rings is 1. The molecule has 35 heavy (non-hydrogen) atoms. The Hall–Kier alpha value is -3.07. The Morgan fingerprint density at radius 1 is 1.14 bits per heavy atom. The SMILES string of the molecule is Cc1ccc(C)c(CN(CCN2CCOCC2)Cc2nc(C(=O)NCCc3ccccn3)co2)c1. The van der Waals surface area contributed by atoms with E-state index in [1.807, 2.05) is 18.2 Å². The second kappa shape index (κ2) is 12.6. The molecule has 1 amide bonds. The van der Waals surface area contributed by atoms with Gasteiger partial charge in [-0.1, -0.05) is 29.8 Å². The van der Waals surface area contributed by atoms with Crippen LogP contribution in [0.3, 0.4) is 0 Å². The van der Waals surface area contributed by atoms with Gasteiger partial charge in [-0.25, -0.2) is 4.98 Å². The van der Waals surface area contributed by atoms with E-state index in [0.29, 0.717) is 31.1 Å². The lowest BCUT2D eigenvalue weighted by molar-refractivity contribution is 0.0320. The van der Waals surface area contributed by atoms with Gasteiger partial charge in [-0.05, 0) is 37.1 Å². The van der Waals surface area contributed by atoms with Crippen molar-refractivity contribution < 1.29 is 13.9 Å². The van der Waals surface area contributed by atoms with Crippen molar-refractivity contribution in [2.24, 2.45) is 0 Å². The third-order valence-corrected chi connectivity index (χ3v) is 6.27. The summed E-state index contributed by atoms with van der Waals surface area (Å²) in [5.74, 6) is 0.317. The lowest BCUT2D eigenvalue weighted by Gasteiger charge is -2.30. The Bertz CT molecular complexity index is 1080. The zero-order chi connectivity index (χ0) is 24.5. The topological polar surface area (TPSA) is 83.7 Å². The highest BCUT2D eigenvalue weighted by Crippen LogP contribution is 2.16. The molecule has 4 rings (SSSR count). The summed E-state index contributed by atoms with van der Waals surface area (Å²) in [7, 11) is 0. The van der Waals surface area contributed by atoms with Crippen LogP contribution in [0.1, 0.15) is 38.8 Å². The Balaban J connectivity index is 1.36. The Labute approximate surface area is 207 Å². The summed E-state index contributed by atoms with van der Waals surface area (Å²) in [6, 6.07) is 12.3. The summed E-state index contributed by atoms with van der Waals surface area (Å²) in [6.45, 7) is 11.4. The summed E-state index contributed by atoms with van der Waals surface area (Å²) in [4.78, 5) is 26.1. The highest BCUT2D eigenvalue weighted by atomic mass is 16.5. The fourth-order valence-electron chi connectivity index (χ4n) is 4.15. The van der Waals surface area contributed by atoms with Crippen LogP contribution in [0.4, 0.5) is 0 Å². The van der Waals surface area contributed by atoms with Gasteiger partial charge in [0.15, 0.2) is 5.69 Å². The molecule has 186 valence electrons. The number of amides is 1. The highest BCUT2D eigenvalue weighted by Gasteiger charge is 2.18. The predicted octanol–water partition coefficient (Wildman–Crippen LogP) is 2.99. The van der Waals surface area contributed by atoms with Crippen molar-refractivity contribution in [1.82, 2.24) is 25.1 Å². The molecule has 3 heterocycles. The number of carbonyl (C=O) groups is 1. The molecule has 0 unspecified atom stereocenters. The molecule has 1 aliphatic rings. The Morgan fingerprint density at radius 3 is 2.80 bits per heavy atom. The lowest BCUT2D eigenvalue weighted by atomic mass is 10.1. The largest absolute Gasteiger partial charge is 0.447 e. The molecule has 1 saturated heterocycles. The van der Waals surface area contributed by atoms with Gasteiger partial charge in [-0.3, -0.25) is 19.6 Å². The first-order chi connectivity index (χ1) is 17.1. The van der Waals surface area contributed by atoms with Crippen molar-refractivity contribution in [3.8, 4) is 0 Å². The number of rotatable bonds is 11. The molecule has 3 aromatic rings. The minimum absolute atomic E-state index is 0.231. The van der Waals surface area contributed by atoms with Gasteiger partial charge >= 0.3 is 0 Å². The predicted molar refractivity (Wildman–Crippen MR) is 134 cm³/mol. The van der Waals surface area contributed by atoms with Crippen LogP contribution < -0.4 is 5.32 Å². The van der Waals surface area contributed by atoms with Crippen molar-refractivity contribution in [1.29, 1.82) is 0 Å². The standard InChI is InChI=1S/C27H35N5O3/c1-21-6-7-22(2)23(17-21)18-32(12-11-31-13-15-34-16-14-31)19-26-30-25(20-35-26)27(33)29-10-8-24-5-3-4-9-28-24/h3-7,9,17,20H,8,10-16,18-19H2,1-2H3,(H,29,33). The number of nitrogens with zero attached hydrogens (tertiary/aromatic N) is 4. The lowest BCUT2D eigenvalue weighted by Crippen LogP contribution is -2.41. The molecule has 0 saturated carbocycles. The fourth-order valence-corrected chi connectivity index (χ4v) is 4.15. The average Bonchev–Trinajstić information content (AvgIpc) is 3.35. The molecule has 0 aliphatic carbocycles. The molecule has 1 aliphatic heterocycles. The van der Waals surface area contributed by atoms with Crippen molar-refractivity contribution in [2.75, 3.05) is 45.9 Å². The van der Waals surface area contributed by atoms with Crippen LogP contribution in [0.2, 0.25) is 0 Å². The maximum absolute atomic E-state index is 12.6. The van der Waals surface area contributed by atoms with Crippen LogP contribution >= 0.6 is 0 Å². The molecule has 8 heteroatoms. The maximum Gasteiger partial charge on any atom is 0.273 e. The van der Waals surface area contributed by atoms with Gasteiger partial charge in [0, 0.05) is 57.6 Å². The number of pyridine rings is 1. The third-order valence-electron chi connectivity index (χ3n) is 6.27. The molecule has 0 bridgehead atoms. The number of benzene rings is 1. The molecule has 8 nitrogen and oxygen atoms in total. The average molecular weight is 478 g/mol. The number of oxazole rings is 1. The van der Waals surface area contributed by atoms with E-state index < -0.39 is 0 Å². The molecule has 0 atom stereocenters. The van der Waals surface area contributed by atoms with E-state index in [0.717, 1.165) is 51.6 Å². The van der Waals surface area contributed by atoms with Crippen LogP contribution in [0.15, 0.2) is 53.3 Å². The Morgan fingerprint density at radius 2 is 2.00 bits per heavy atom. The third kappa shape index (κ3) is 7.71. The smallest absolute Gasteiger partial charge is 0.273 e. The molecule has 2 aromatic heterocycles. The normalized spacial score (nSPS) is 14.4. The monoisotopic (exact) mass is 477 g/mol.